The second-order valence-electron chi connectivity index (χ2n) is 6.48. The summed E-state index contributed by atoms with van der Waals surface area (Å²) in [7, 11) is 0. The molecule has 1 aliphatic heterocycles. The van der Waals surface area contributed by atoms with Crippen LogP contribution in [0.5, 0.6) is 5.75 Å². The quantitative estimate of drug-likeness (QED) is 0.443. The second kappa shape index (κ2) is 8.77. The SMILES string of the molecule is CCOC(=O)CCOc1cccc(/C(O)=C2\C(=O)N(C(C)=O)c3cc(F)ccc32)c1. The average Bonchev–Trinajstić information content (AvgIpc) is 2.99. The lowest BCUT2D eigenvalue weighted by Crippen LogP contribution is -2.31. The van der Waals surface area contributed by atoms with Crippen molar-refractivity contribution in [3.63, 3.8) is 0 Å². The third kappa shape index (κ3) is 4.17. The minimum atomic E-state index is -0.741. The lowest BCUT2D eigenvalue weighted by atomic mass is 10.0. The van der Waals surface area contributed by atoms with Crippen LogP contribution < -0.4 is 9.64 Å². The van der Waals surface area contributed by atoms with E-state index in [2.05, 4.69) is 0 Å². The molecule has 0 aromatic heterocycles. The molecule has 0 bridgehead atoms. The van der Waals surface area contributed by atoms with E-state index in [-0.39, 0.29) is 53.8 Å². The van der Waals surface area contributed by atoms with Crippen LogP contribution in [0.1, 0.15) is 31.4 Å². The van der Waals surface area contributed by atoms with Crippen molar-refractivity contribution >= 4 is 34.8 Å². The molecule has 2 aromatic carbocycles. The number of aliphatic hydroxyl groups is 1. The summed E-state index contributed by atoms with van der Waals surface area (Å²) < 4.78 is 24.0. The number of ether oxygens (including phenoxy) is 2. The number of fused-ring (bicyclic) bond motifs is 1. The Morgan fingerprint density at radius 3 is 2.63 bits per heavy atom. The van der Waals surface area contributed by atoms with Gasteiger partial charge in [0.15, 0.2) is 0 Å². The molecule has 1 heterocycles. The summed E-state index contributed by atoms with van der Waals surface area (Å²) in [4.78, 5) is 37.0. The Morgan fingerprint density at radius 2 is 1.93 bits per heavy atom. The van der Waals surface area contributed by atoms with Crippen LogP contribution in [-0.4, -0.2) is 36.1 Å². The molecule has 1 aliphatic rings. The Hall–Kier alpha value is -3.68. The Morgan fingerprint density at radius 1 is 1.17 bits per heavy atom. The highest BCUT2D eigenvalue weighted by atomic mass is 19.1. The zero-order valence-corrected chi connectivity index (χ0v) is 16.5. The predicted molar refractivity (Wildman–Crippen MR) is 107 cm³/mol. The van der Waals surface area contributed by atoms with Crippen molar-refractivity contribution in [2.24, 2.45) is 0 Å². The zero-order chi connectivity index (χ0) is 21.8. The van der Waals surface area contributed by atoms with Gasteiger partial charge in [0, 0.05) is 18.1 Å². The molecule has 0 saturated carbocycles. The number of hydrogen-bond acceptors (Lipinski definition) is 6. The molecule has 2 aromatic rings. The van der Waals surface area contributed by atoms with Gasteiger partial charge in [0.1, 0.15) is 17.3 Å². The molecule has 0 atom stereocenters. The van der Waals surface area contributed by atoms with Crippen LogP contribution in [-0.2, 0) is 19.1 Å². The van der Waals surface area contributed by atoms with E-state index >= 15 is 0 Å². The molecule has 156 valence electrons. The molecule has 3 rings (SSSR count). The lowest BCUT2D eigenvalue weighted by Gasteiger charge is -2.12. The minimum Gasteiger partial charge on any atom is -0.506 e. The summed E-state index contributed by atoms with van der Waals surface area (Å²) in [5, 5.41) is 10.8. The number of anilines is 1. The monoisotopic (exact) mass is 413 g/mol. The van der Waals surface area contributed by atoms with E-state index in [1.165, 1.54) is 19.1 Å². The first-order valence-electron chi connectivity index (χ1n) is 9.30. The van der Waals surface area contributed by atoms with Gasteiger partial charge in [-0.25, -0.2) is 9.29 Å². The number of esters is 1. The van der Waals surface area contributed by atoms with Gasteiger partial charge in [0.2, 0.25) is 5.91 Å². The smallest absolute Gasteiger partial charge is 0.309 e. The average molecular weight is 413 g/mol. The predicted octanol–water partition coefficient (Wildman–Crippen LogP) is 3.48. The first-order chi connectivity index (χ1) is 14.3. The van der Waals surface area contributed by atoms with Gasteiger partial charge < -0.3 is 14.6 Å². The van der Waals surface area contributed by atoms with Crippen LogP contribution in [0.3, 0.4) is 0 Å². The van der Waals surface area contributed by atoms with Crippen molar-refractivity contribution in [1.29, 1.82) is 0 Å². The summed E-state index contributed by atoms with van der Waals surface area (Å²) >= 11 is 0. The standard InChI is InChI=1S/C22H20FNO6/c1-3-29-19(26)9-10-30-16-6-4-5-14(11-16)21(27)20-17-8-7-15(23)12-18(17)24(13(2)25)22(20)28/h4-8,11-12,27H,3,9-10H2,1-2H3/b21-20+. The van der Waals surface area contributed by atoms with E-state index in [9.17, 15) is 23.9 Å². The largest absolute Gasteiger partial charge is 0.506 e. The molecular formula is C22H20FNO6. The Bertz CT molecular complexity index is 1050. The highest BCUT2D eigenvalue weighted by molar-refractivity contribution is 6.42. The van der Waals surface area contributed by atoms with Crippen LogP contribution >= 0.6 is 0 Å². The Balaban J connectivity index is 1.92. The van der Waals surface area contributed by atoms with Gasteiger partial charge in [-0.15, -0.1) is 0 Å². The highest BCUT2D eigenvalue weighted by Crippen LogP contribution is 2.40. The van der Waals surface area contributed by atoms with Crippen LogP contribution in [0.25, 0.3) is 11.3 Å². The molecule has 8 heteroatoms. The lowest BCUT2D eigenvalue weighted by molar-refractivity contribution is -0.143. The highest BCUT2D eigenvalue weighted by Gasteiger charge is 2.38. The topological polar surface area (TPSA) is 93.1 Å². The molecule has 0 aliphatic carbocycles. The van der Waals surface area contributed by atoms with Gasteiger partial charge in [-0.2, -0.15) is 0 Å². The summed E-state index contributed by atoms with van der Waals surface area (Å²) in [5.41, 5.74) is 0.496. The van der Waals surface area contributed by atoms with Crippen LogP contribution in [0, 0.1) is 5.82 Å². The maximum atomic E-state index is 13.7. The summed E-state index contributed by atoms with van der Waals surface area (Å²) in [5.74, 6) is -2.32. The van der Waals surface area contributed by atoms with E-state index in [0.717, 1.165) is 17.0 Å². The maximum Gasteiger partial charge on any atom is 0.309 e. The number of halogens is 1. The molecule has 30 heavy (non-hydrogen) atoms. The first kappa shape index (κ1) is 21.0. The number of hydrogen-bond donors (Lipinski definition) is 1. The molecule has 0 spiro atoms. The molecule has 0 saturated heterocycles. The third-order valence-electron chi connectivity index (χ3n) is 4.43. The van der Waals surface area contributed by atoms with E-state index in [1.807, 2.05) is 0 Å². The van der Waals surface area contributed by atoms with Crippen LogP contribution in [0.4, 0.5) is 10.1 Å². The Kier molecular flexibility index (Phi) is 6.15. The number of benzene rings is 2. The zero-order valence-electron chi connectivity index (χ0n) is 16.5. The van der Waals surface area contributed by atoms with Crippen LogP contribution in [0.2, 0.25) is 0 Å². The fourth-order valence-electron chi connectivity index (χ4n) is 3.14. The molecular weight excluding hydrogens is 393 g/mol. The van der Waals surface area contributed by atoms with Gasteiger partial charge in [-0.1, -0.05) is 12.1 Å². The normalized spacial score (nSPS) is 14.4. The fraction of sp³-hybridized carbons (Fsp3) is 0.227. The fourth-order valence-corrected chi connectivity index (χ4v) is 3.14. The number of rotatable bonds is 6. The van der Waals surface area contributed by atoms with Gasteiger partial charge in [0.25, 0.3) is 5.91 Å². The number of carbonyl (C=O) groups excluding carboxylic acids is 3. The van der Waals surface area contributed by atoms with E-state index in [4.69, 9.17) is 9.47 Å². The third-order valence-corrected chi connectivity index (χ3v) is 4.43. The Labute approximate surface area is 172 Å². The number of amides is 2. The summed E-state index contributed by atoms with van der Waals surface area (Å²) in [6.45, 7) is 3.26. The van der Waals surface area contributed by atoms with Gasteiger partial charge in [0.05, 0.1) is 30.9 Å². The second-order valence-corrected chi connectivity index (χ2v) is 6.48. The van der Waals surface area contributed by atoms with Gasteiger partial charge in [-0.3, -0.25) is 14.4 Å². The van der Waals surface area contributed by atoms with Crippen molar-refractivity contribution in [3.05, 3.63) is 59.4 Å². The van der Waals surface area contributed by atoms with Crippen molar-refractivity contribution < 1.29 is 33.4 Å². The van der Waals surface area contributed by atoms with Crippen molar-refractivity contribution in [3.8, 4) is 5.75 Å². The molecule has 2 amide bonds. The van der Waals surface area contributed by atoms with Gasteiger partial charge in [-0.05, 0) is 37.3 Å². The van der Waals surface area contributed by atoms with Crippen LogP contribution in [0.15, 0.2) is 42.5 Å². The molecule has 7 nitrogen and oxygen atoms in total. The van der Waals surface area contributed by atoms with E-state index in [1.54, 1.807) is 25.1 Å². The maximum absolute atomic E-state index is 13.7. The number of imide groups is 1. The number of aliphatic hydroxyl groups excluding tert-OH is 1. The molecule has 1 N–H and O–H groups in total. The summed E-state index contributed by atoms with van der Waals surface area (Å²) in [6, 6.07) is 9.88. The first-order valence-corrected chi connectivity index (χ1v) is 9.30. The van der Waals surface area contributed by atoms with Crippen molar-refractivity contribution in [1.82, 2.24) is 0 Å². The van der Waals surface area contributed by atoms with E-state index < -0.39 is 17.6 Å². The summed E-state index contributed by atoms with van der Waals surface area (Å²) in [6.07, 6.45) is 0.0656. The number of carbonyl (C=O) groups is 3. The molecule has 0 fully saturated rings. The van der Waals surface area contributed by atoms with Crippen molar-refractivity contribution in [2.75, 3.05) is 18.1 Å². The van der Waals surface area contributed by atoms with Crippen molar-refractivity contribution in [2.45, 2.75) is 20.3 Å². The minimum absolute atomic E-state index is 0.0656. The molecule has 0 unspecified atom stereocenters. The van der Waals surface area contributed by atoms with Gasteiger partial charge >= 0.3 is 5.97 Å². The molecule has 0 radical (unpaired) electrons. The number of nitrogens with zero attached hydrogens (tertiary/aromatic N) is 1. The van der Waals surface area contributed by atoms with E-state index in [0.29, 0.717) is 5.75 Å².